The lowest BCUT2D eigenvalue weighted by atomic mass is 10.3. The summed E-state index contributed by atoms with van der Waals surface area (Å²) in [5.41, 5.74) is 1.50. The van der Waals surface area contributed by atoms with Crippen LogP contribution in [0.1, 0.15) is 11.4 Å². The molecule has 0 amide bonds. The molecule has 0 aliphatic heterocycles. The first-order chi connectivity index (χ1) is 9.31. The summed E-state index contributed by atoms with van der Waals surface area (Å²) in [6, 6.07) is 0. The van der Waals surface area contributed by atoms with Gasteiger partial charge in [-0.2, -0.15) is 8.42 Å². The second-order valence-electron chi connectivity index (χ2n) is 4.49. The Kier molecular flexibility index (Phi) is 3.62. The fraction of sp³-hybridized carbons (Fsp3) is 0.364. The minimum absolute atomic E-state index is 0.00649. The van der Waals surface area contributed by atoms with E-state index in [1.807, 2.05) is 14.1 Å². The largest absolute Gasteiger partial charge is 0.347 e. The molecule has 2 N–H and O–H groups in total. The second kappa shape index (κ2) is 5.08. The predicted molar refractivity (Wildman–Crippen MR) is 75.2 cm³/mol. The third-order valence-electron chi connectivity index (χ3n) is 2.66. The lowest BCUT2D eigenvalue weighted by Crippen LogP contribution is -2.19. The van der Waals surface area contributed by atoms with E-state index in [0.29, 0.717) is 23.0 Å². The minimum atomic E-state index is -3.71. The van der Waals surface area contributed by atoms with Gasteiger partial charge in [0.1, 0.15) is 0 Å². The molecule has 0 bridgehead atoms. The third kappa shape index (κ3) is 2.72. The van der Waals surface area contributed by atoms with Crippen molar-refractivity contribution < 1.29 is 8.42 Å². The SMILES string of the molecule is Cc1nc(N(C)C)nc(C)c1NS(=O)(=O)c1cnc[nH]1. The van der Waals surface area contributed by atoms with Gasteiger partial charge >= 0.3 is 0 Å². The van der Waals surface area contributed by atoms with Crippen LogP contribution in [0.2, 0.25) is 0 Å². The van der Waals surface area contributed by atoms with Crippen LogP contribution in [-0.4, -0.2) is 42.4 Å². The molecular formula is C11H16N6O2S. The molecule has 8 nitrogen and oxygen atoms in total. The lowest BCUT2D eigenvalue weighted by molar-refractivity contribution is 0.598. The molecule has 2 rings (SSSR count). The van der Waals surface area contributed by atoms with E-state index in [9.17, 15) is 8.42 Å². The van der Waals surface area contributed by atoms with Gasteiger partial charge in [0, 0.05) is 14.1 Å². The van der Waals surface area contributed by atoms with Crippen molar-refractivity contribution in [2.24, 2.45) is 0 Å². The Bertz CT molecular complexity index is 686. The van der Waals surface area contributed by atoms with Crippen molar-refractivity contribution >= 4 is 21.7 Å². The van der Waals surface area contributed by atoms with Gasteiger partial charge in [0.25, 0.3) is 10.0 Å². The van der Waals surface area contributed by atoms with Gasteiger partial charge in [-0.25, -0.2) is 15.0 Å². The molecule has 0 aromatic carbocycles. The Balaban J connectivity index is 2.40. The van der Waals surface area contributed by atoms with Crippen molar-refractivity contribution in [1.82, 2.24) is 19.9 Å². The predicted octanol–water partition coefficient (Wildman–Crippen LogP) is 0.683. The number of H-pyrrole nitrogens is 1. The Hall–Kier alpha value is -2.16. The summed E-state index contributed by atoms with van der Waals surface area (Å²) in [6.07, 6.45) is 2.54. The lowest BCUT2D eigenvalue weighted by Gasteiger charge is -2.15. The summed E-state index contributed by atoms with van der Waals surface area (Å²) in [6.45, 7) is 3.46. The number of anilines is 2. The molecule has 108 valence electrons. The van der Waals surface area contributed by atoms with Crippen LogP contribution >= 0.6 is 0 Å². The zero-order valence-electron chi connectivity index (χ0n) is 11.7. The fourth-order valence-corrected chi connectivity index (χ4v) is 2.71. The maximum atomic E-state index is 12.1. The van der Waals surface area contributed by atoms with E-state index in [0.717, 1.165) is 0 Å². The molecule has 0 spiro atoms. The van der Waals surface area contributed by atoms with Gasteiger partial charge in [0.15, 0.2) is 5.03 Å². The molecule has 0 radical (unpaired) electrons. The van der Waals surface area contributed by atoms with Crippen molar-refractivity contribution in [3.8, 4) is 0 Å². The fourth-order valence-electron chi connectivity index (χ4n) is 1.63. The van der Waals surface area contributed by atoms with E-state index >= 15 is 0 Å². The number of aromatic amines is 1. The molecule has 0 aliphatic rings. The maximum Gasteiger partial charge on any atom is 0.279 e. The zero-order valence-corrected chi connectivity index (χ0v) is 12.5. The van der Waals surface area contributed by atoms with Crippen molar-refractivity contribution in [1.29, 1.82) is 0 Å². The molecule has 0 saturated carbocycles. The van der Waals surface area contributed by atoms with E-state index in [4.69, 9.17) is 0 Å². The highest BCUT2D eigenvalue weighted by Crippen LogP contribution is 2.22. The number of imidazole rings is 1. The number of hydrogen-bond acceptors (Lipinski definition) is 6. The van der Waals surface area contributed by atoms with Gasteiger partial charge in [-0.05, 0) is 13.8 Å². The molecule has 0 fully saturated rings. The number of hydrogen-bond donors (Lipinski definition) is 2. The van der Waals surface area contributed by atoms with E-state index < -0.39 is 10.0 Å². The maximum absolute atomic E-state index is 12.1. The van der Waals surface area contributed by atoms with Crippen LogP contribution in [0.3, 0.4) is 0 Å². The number of aryl methyl sites for hydroxylation is 2. The smallest absolute Gasteiger partial charge is 0.279 e. The normalized spacial score (nSPS) is 11.4. The quantitative estimate of drug-likeness (QED) is 0.860. The first-order valence-corrected chi connectivity index (χ1v) is 7.33. The van der Waals surface area contributed by atoms with E-state index in [1.54, 1.807) is 18.7 Å². The highest BCUT2D eigenvalue weighted by molar-refractivity contribution is 7.92. The molecule has 2 aromatic heterocycles. The molecule has 2 heterocycles. The molecule has 0 atom stereocenters. The van der Waals surface area contributed by atoms with Crippen molar-refractivity contribution in [2.75, 3.05) is 23.7 Å². The van der Waals surface area contributed by atoms with Gasteiger partial charge in [0.05, 0.1) is 29.6 Å². The summed E-state index contributed by atoms with van der Waals surface area (Å²) in [7, 11) is -0.0656. The number of rotatable bonds is 4. The second-order valence-corrected chi connectivity index (χ2v) is 6.14. The number of nitrogens with one attached hydrogen (secondary N) is 2. The highest BCUT2D eigenvalue weighted by Gasteiger charge is 2.19. The number of sulfonamides is 1. The van der Waals surface area contributed by atoms with Gasteiger partial charge < -0.3 is 9.88 Å². The molecule has 20 heavy (non-hydrogen) atoms. The van der Waals surface area contributed by atoms with Gasteiger partial charge in [0.2, 0.25) is 5.95 Å². The van der Waals surface area contributed by atoms with Gasteiger partial charge in [-0.1, -0.05) is 0 Å². The number of aromatic nitrogens is 4. The Labute approximate surface area is 117 Å². The molecule has 0 saturated heterocycles. The van der Waals surface area contributed by atoms with Crippen LogP contribution in [0.15, 0.2) is 17.6 Å². The average molecular weight is 296 g/mol. The monoisotopic (exact) mass is 296 g/mol. The van der Waals surface area contributed by atoms with Gasteiger partial charge in [-0.3, -0.25) is 4.72 Å². The third-order valence-corrected chi connectivity index (χ3v) is 3.93. The summed E-state index contributed by atoms with van der Waals surface area (Å²) < 4.78 is 26.8. The topological polar surface area (TPSA) is 104 Å². The van der Waals surface area contributed by atoms with E-state index in [-0.39, 0.29) is 5.03 Å². The van der Waals surface area contributed by atoms with Gasteiger partial charge in [-0.15, -0.1) is 0 Å². The summed E-state index contributed by atoms with van der Waals surface area (Å²) in [5.74, 6) is 0.532. The molecule has 0 aliphatic carbocycles. The van der Waals surface area contributed by atoms with Crippen molar-refractivity contribution in [3.05, 3.63) is 23.9 Å². The summed E-state index contributed by atoms with van der Waals surface area (Å²) >= 11 is 0. The van der Waals surface area contributed by atoms with Crippen LogP contribution in [0.5, 0.6) is 0 Å². The van der Waals surface area contributed by atoms with Crippen LogP contribution in [0.4, 0.5) is 11.6 Å². The Morgan fingerprint density at radius 1 is 1.20 bits per heavy atom. The van der Waals surface area contributed by atoms with Crippen molar-refractivity contribution in [3.63, 3.8) is 0 Å². The minimum Gasteiger partial charge on any atom is -0.347 e. The van der Waals surface area contributed by atoms with Crippen LogP contribution in [0.25, 0.3) is 0 Å². The standard InChI is InChI=1S/C11H16N6O2S/c1-7-10(8(2)15-11(14-7)17(3)4)16-20(18,19)9-5-12-6-13-9/h5-6,16H,1-4H3,(H,12,13). The molecule has 9 heteroatoms. The Morgan fingerprint density at radius 2 is 1.80 bits per heavy atom. The van der Waals surface area contributed by atoms with Crippen LogP contribution in [-0.2, 0) is 10.0 Å². The number of nitrogens with zero attached hydrogens (tertiary/aromatic N) is 4. The first-order valence-electron chi connectivity index (χ1n) is 5.85. The summed E-state index contributed by atoms with van der Waals surface area (Å²) in [4.78, 5) is 16.5. The zero-order chi connectivity index (χ0) is 14.9. The van der Waals surface area contributed by atoms with Crippen LogP contribution in [0, 0.1) is 13.8 Å². The average Bonchev–Trinajstić information content (AvgIpc) is 2.88. The highest BCUT2D eigenvalue weighted by atomic mass is 32.2. The first kappa shape index (κ1) is 14.3. The van der Waals surface area contributed by atoms with Crippen molar-refractivity contribution in [2.45, 2.75) is 18.9 Å². The summed E-state index contributed by atoms with van der Waals surface area (Å²) in [5, 5.41) is -0.00649. The molecule has 2 aromatic rings. The van der Waals surface area contributed by atoms with E-state index in [2.05, 4.69) is 24.7 Å². The Morgan fingerprint density at radius 3 is 2.25 bits per heavy atom. The van der Waals surface area contributed by atoms with E-state index in [1.165, 1.54) is 12.5 Å². The van der Waals surface area contributed by atoms with Crippen LogP contribution < -0.4 is 9.62 Å². The molecule has 0 unspecified atom stereocenters. The molecular weight excluding hydrogens is 280 g/mol.